The largest absolute Gasteiger partial charge is 0.352 e. The van der Waals surface area contributed by atoms with Gasteiger partial charge in [0.05, 0.1) is 4.90 Å². The van der Waals surface area contributed by atoms with Gasteiger partial charge in [0.1, 0.15) is 0 Å². The number of nitrogens with one attached hydrogen (secondary N) is 1. The van der Waals surface area contributed by atoms with E-state index in [1.165, 1.54) is 33.5 Å². The molecule has 0 bridgehead atoms. The van der Waals surface area contributed by atoms with Crippen molar-refractivity contribution in [1.29, 1.82) is 0 Å². The van der Waals surface area contributed by atoms with Crippen molar-refractivity contribution in [2.24, 2.45) is 0 Å². The van der Waals surface area contributed by atoms with Crippen molar-refractivity contribution in [1.82, 2.24) is 14.5 Å². The van der Waals surface area contributed by atoms with E-state index in [4.69, 9.17) is 0 Å². The molecule has 144 valence electrons. The van der Waals surface area contributed by atoms with Crippen molar-refractivity contribution >= 4 is 21.8 Å². The fraction of sp³-hybridized carbons (Fsp3) is 0.556. The second-order valence-electron chi connectivity index (χ2n) is 6.64. The summed E-state index contributed by atoms with van der Waals surface area (Å²) in [6, 6.07) is 5.96. The van der Waals surface area contributed by atoms with Crippen LogP contribution in [0.15, 0.2) is 29.2 Å². The fourth-order valence-corrected chi connectivity index (χ4v) is 4.34. The maximum Gasteiger partial charge on any atom is 0.251 e. The Balaban J connectivity index is 1.98. The van der Waals surface area contributed by atoms with Crippen LogP contribution in [-0.4, -0.2) is 63.2 Å². The monoisotopic (exact) mass is 381 g/mol. The molecule has 2 rings (SSSR count). The van der Waals surface area contributed by atoms with Crippen LogP contribution in [0.4, 0.5) is 0 Å². The number of hydrogen-bond donors (Lipinski definition) is 1. The number of nitrogens with zero attached hydrogens (tertiary/aromatic N) is 2. The first-order chi connectivity index (χ1) is 12.3. The van der Waals surface area contributed by atoms with E-state index >= 15 is 0 Å². The molecule has 26 heavy (non-hydrogen) atoms. The molecule has 0 spiro atoms. The van der Waals surface area contributed by atoms with E-state index < -0.39 is 10.0 Å². The van der Waals surface area contributed by atoms with Crippen LogP contribution in [0.5, 0.6) is 0 Å². The van der Waals surface area contributed by atoms with E-state index in [1.807, 2.05) is 0 Å². The van der Waals surface area contributed by atoms with Gasteiger partial charge in [0.2, 0.25) is 15.9 Å². The Morgan fingerprint density at radius 2 is 1.62 bits per heavy atom. The SMILES string of the molecule is CN(C)C(=O)CCNC(=O)c1ccc(S(=O)(=O)N2CCCCCC2)cc1. The highest BCUT2D eigenvalue weighted by atomic mass is 32.2. The van der Waals surface area contributed by atoms with Crippen molar-refractivity contribution in [3.63, 3.8) is 0 Å². The minimum absolute atomic E-state index is 0.0656. The van der Waals surface area contributed by atoms with Gasteiger partial charge in [-0.05, 0) is 37.1 Å². The Morgan fingerprint density at radius 3 is 2.15 bits per heavy atom. The van der Waals surface area contributed by atoms with E-state index in [0.29, 0.717) is 18.7 Å². The summed E-state index contributed by atoms with van der Waals surface area (Å²) >= 11 is 0. The van der Waals surface area contributed by atoms with Crippen LogP contribution in [0.3, 0.4) is 0 Å². The average molecular weight is 381 g/mol. The summed E-state index contributed by atoms with van der Waals surface area (Å²) in [4.78, 5) is 25.3. The molecule has 0 saturated carbocycles. The van der Waals surface area contributed by atoms with Crippen LogP contribution in [0.2, 0.25) is 0 Å². The highest BCUT2D eigenvalue weighted by molar-refractivity contribution is 7.89. The lowest BCUT2D eigenvalue weighted by atomic mass is 10.2. The van der Waals surface area contributed by atoms with Gasteiger partial charge in [-0.25, -0.2) is 8.42 Å². The van der Waals surface area contributed by atoms with Crippen LogP contribution in [-0.2, 0) is 14.8 Å². The molecule has 0 unspecified atom stereocenters. The molecule has 1 aliphatic heterocycles. The Kier molecular flexibility index (Phi) is 7.16. The number of benzene rings is 1. The summed E-state index contributed by atoms with van der Waals surface area (Å²) in [7, 11) is -0.193. The summed E-state index contributed by atoms with van der Waals surface area (Å²) in [6.45, 7) is 1.33. The molecule has 0 radical (unpaired) electrons. The predicted molar refractivity (Wildman–Crippen MR) is 99.3 cm³/mol. The van der Waals surface area contributed by atoms with Gasteiger partial charge in [-0.15, -0.1) is 0 Å². The van der Waals surface area contributed by atoms with Crippen molar-refractivity contribution in [3.8, 4) is 0 Å². The Bertz CT molecular complexity index is 721. The van der Waals surface area contributed by atoms with Gasteiger partial charge in [0.15, 0.2) is 0 Å². The van der Waals surface area contributed by atoms with Gasteiger partial charge in [0.25, 0.3) is 5.91 Å². The summed E-state index contributed by atoms with van der Waals surface area (Å²) < 4.78 is 27.0. The number of carbonyl (C=O) groups is 2. The highest BCUT2D eigenvalue weighted by Crippen LogP contribution is 2.20. The molecule has 1 fully saturated rings. The zero-order valence-corrected chi connectivity index (χ0v) is 16.2. The first kappa shape index (κ1) is 20.4. The van der Waals surface area contributed by atoms with Gasteiger partial charge in [-0.2, -0.15) is 4.31 Å². The molecule has 2 amide bonds. The third-order valence-corrected chi connectivity index (χ3v) is 6.36. The zero-order valence-electron chi connectivity index (χ0n) is 15.4. The van der Waals surface area contributed by atoms with Gasteiger partial charge >= 0.3 is 0 Å². The molecule has 1 aliphatic rings. The van der Waals surface area contributed by atoms with Gasteiger partial charge in [0, 0.05) is 45.7 Å². The second-order valence-corrected chi connectivity index (χ2v) is 8.57. The second kappa shape index (κ2) is 9.14. The lowest BCUT2D eigenvalue weighted by molar-refractivity contribution is -0.128. The molecule has 1 N–H and O–H groups in total. The van der Waals surface area contributed by atoms with Crippen LogP contribution in [0.1, 0.15) is 42.5 Å². The van der Waals surface area contributed by atoms with E-state index in [1.54, 1.807) is 14.1 Å². The molecule has 8 heteroatoms. The summed E-state index contributed by atoms with van der Waals surface area (Å²) in [6.07, 6.45) is 4.10. The number of hydrogen-bond acceptors (Lipinski definition) is 4. The van der Waals surface area contributed by atoms with Crippen LogP contribution < -0.4 is 5.32 Å². The lowest BCUT2D eigenvalue weighted by Crippen LogP contribution is -2.32. The third-order valence-electron chi connectivity index (χ3n) is 4.44. The number of amides is 2. The maximum absolute atomic E-state index is 12.7. The molecule has 1 heterocycles. The molecule has 1 aromatic carbocycles. The summed E-state index contributed by atoms with van der Waals surface area (Å²) in [5.41, 5.74) is 0.372. The number of sulfonamides is 1. The third kappa shape index (κ3) is 5.28. The topological polar surface area (TPSA) is 86.8 Å². The van der Waals surface area contributed by atoms with Crippen LogP contribution in [0.25, 0.3) is 0 Å². The first-order valence-electron chi connectivity index (χ1n) is 8.91. The van der Waals surface area contributed by atoms with Crippen molar-refractivity contribution in [2.75, 3.05) is 33.7 Å². The maximum atomic E-state index is 12.7. The average Bonchev–Trinajstić information content (AvgIpc) is 2.91. The van der Waals surface area contributed by atoms with E-state index in [9.17, 15) is 18.0 Å². The van der Waals surface area contributed by atoms with Gasteiger partial charge in [-0.1, -0.05) is 12.8 Å². The lowest BCUT2D eigenvalue weighted by Gasteiger charge is -2.20. The van der Waals surface area contributed by atoms with Crippen molar-refractivity contribution in [3.05, 3.63) is 29.8 Å². The summed E-state index contributed by atoms with van der Waals surface area (Å²) in [5.74, 6) is -0.389. The van der Waals surface area contributed by atoms with Gasteiger partial charge < -0.3 is 10.2 Å². The molecular formula is C18H27N3O4S. The van der Waals surface area contributed by atoms with Crippen molar-refractivity contribution in [2.45, 2.75) is 37.0 Å². The van der Waals surface area contributed by atoms with E-state index in [0.717, 1.165) is 25.7 Å². The normalized spacial score (nSPS) is 15.9. The summed E-state index contributed by atoms with van der Waals surface area (Å²) in [5, 5.41) is 2.67. The fourth-order valence-electron chi connectivity index (χ4n) is 2.82. The molecule has 7 nitrogen and oxygen atoms in total. The smallest absolute Gasteiger partial charge is 0.251 e. The highest BCUT2D eigenvalue weighted by Gasteiger charge is 2.25. The molecule has 1 saturated heterocycles. The predicted octanol–water partition coefficient (Wildman–Crippen LogP) is 1.46. The number of carbonyl (C=O) groups excluding carboxylic acids is 2. The van der Waals surface area contributed by atoms with Crippen LogP contribution >= 0.6 is 0 Å². The zero-order chi connectivity index (χ0) is 19.2. The first-order valence-corrected chi connectivity index (χ1v) is 10.3. The standard InChI is InChI=1S/C18H27N3O4S/c1-20(2)17(22)11-12-19-18(23)15-7-9-16(10-8-15)26(24,25)21-13-5-3-4-6-14-21/h7-10H,3-6,11-14H2,1-2H3,(H,19,23). The Morgan fingerprint density at radius 1 is 1.04 bits per heavy atom. The minimum Gasteiger partial charge on any atom is -0.352 e. The molecule has 1 aromatic rings. The molecule has 0 aliphatic carbocycles. The molecule has 0 atom stereocenters. The quantitative estimate of drug-likeness (QED) is 0.808. The molecular weight excluding hydrogens is 354 g/mol. The van der Waals surface area contributed by atoms with E-state index in [2.05, 4.69) is 5.32 Å². The molecule has 0 aromatic heterocycles. The Labute approximate surface area is 155 Å². The Hall–Kier alpha value is -1.93. The van der Waals surface area contributed by atoms with Crippen molar-refractivity contribution < 1.29 is 18.0 Å². The van der Waals surface area contributed by atoms with E-state index in [-0.39, 0.29) is 29.7 Å². The van der Waals surface area contributed by atoms with Gasteiger partial charge in [-0.3, -0.25) is 9.59 Å². The number of rotatable bonds is 6. The minimum atomic E-state index is -3.51. The van der Waals surface area contributed by atoms with Crippen LogP contribution in [0, 0.1) is 0 Å².